The second kappa shape index (κ2) is 7.11. The van der Waals surface area contributed by atoms with Gasteiger partial charge in [-0.15, -0.1) is 0 Å². The van der Waals surface area contributed by atoms with Crippen molar-refractivity contribution in [2.45, 2.75) is 69.9 Å². The standard InChI is InChI=1S/C15H26N2O/c16-10-12-6-2-1-3-8-14(12)17-11-13-7-4-5-9-15(13)18/h12-15,17-18H,1-9,11H2. The third-order valence-electron chi connectivity index (χ3n) is 4.69. The van der Waals surface area contributed by atoms with E-state index in [4.69, 9.17) is 0 Å². The lowest BCUT2D eigenvalue weighted by atomic mass is 9.86. The predicted octanol–water partition coefficient (Wildman–Crippen LogP) is 2.60. The Morgan fingerprint density at radius 1 is 1.00 bits per heavy atom. The Kier molecular flexibility index (Phi) is 5.46. The van der Waals surface area contributed by atoms with Crippen molar-refractivity contribution in [1.29, 1.82) is 5.26 Å². The molecule has 0 radical (unpaired) electrons. The van der Waals surface area contributed by atoms with Crippen LogP contribution in [0.15, 0.2) is 0 Å². The molecule has 2 aliphatic carbocycles. The Morgan fingerprint density at radius 2 is 1.72 bits per heavy atom. The topological polar surface area (TPSA) is 56.0 Å². The van der Waals surface area contributed by atoms with E-state index in [2.05, 4.69) is 11.4 Å². The lowest BCUT2D eigenvalue weighted by molar-refractivity contribution is 0.0671. The predicted molar refractivity (Wildman–Crippen MR) is 71.9 cm³/mol. The molecule has 0 spiro atoms. The van der Waals surface area contributed by atoms with Crippen molar-refractivity contribution in [3.63, 3.8) is 0 Å². The zero-order valence-corrected chi connectivity index (χ0v) is 11.3. The minimum Gasteiger partial charge on any atom is -0.393 e. The van der Waals surface area contributed by atoms with Gasteiger partial charge in [-0.25, -0.2) is 0 Å². The van der Waals surface area contributed by atoms with Gasteiger partial charge >= 0.3 is 0 Å². The maximum atomic E-state index is 9.97. The Hall–Kier alpha value is -0.590. The Morgan fingerprint density at radius 3 is 2.50 bits per heavy atom. The molecule has 0 aromatic heterocycles. The molecular weight excluding hydrogens is 224 g/mol. The molecule has 2 fully saturated rings. The summed E-state index contributed by atoms with van der Waals surface area (Å²) in [6.07, 6.45) is 10.3. The summed E-state index contributed by atoms with van der Waals surface area (Å²) in [5, 5.41) is 22.8. The van der Waals surface area contributed by atoms with E-state index < -0.39 is 0 Å². The van der Waals surface area contributed by atoms with Gasteiger partial charge in [0.25, 0.3) is 0 Å². The van der Waals surface area contributed by atoms with Crippen LogP contribution in [0.25, 0.3) is 0 Å². The Balaban J connectivity index is 1.81. The van der Waals surface area contributed by atoms with Crippen molar-refractivity contribution in [2.75, 3.05) is 6.54 Å². The van der Waals surface area contributed by atoms with Gasteiger partial charge < -0.3 is 10.4 Å². The first-order valence-electron chi connectivity index (χ1n) is 7.62. The van der Waals surface area contributed by atoms with E-state index in [1.807, 2.05) is 0 Å². The second-order valence-electron chi connectivity index (χ2n) is 6.00. The number of nitrogens with zero attached hydrogens (tertiary/aromatic N) is 1. The number of aliphatic hydroxyl groups is 1. The molecule has 2 saturated carbocycles. The molecule has 3 heteroatoms. The minimum absolute atomic E-state index is 0.127. The molecule has 0 aliphatic heterocycles. The van der Waals surface area contributed by atoms with Gasteiger partial charge in [0.2, 0.25) is 0 Å². The van der Waals surface area contributed by atoms with Crippen LogP contribution in [0, 0.1) is 23.2 Å². The van der Waals surface area contributed by atoms with Crippen LogP contribution in [0.1, 0.15) is 57.8 Å². The van der Waals surface area contributed by atoms with Gasteiger partial charge in [-0.3, -0.25) is 0 Å². The van der Waals surface area contributed by atoms with Crippen molar-refractivity contribution >= 4 is 0 Å². The smallest absolute Gasteiger partial charge is 0.0672 e. The highest BCUT2D eigenvalue weighted by Gasteiger charge is 2.27. The van der Waals surface area contributed by atoms with E-state index in [0.717, 1.165) is 32.2 Å². The van der Waals surface area contributed by atoms with Crippen LogP contribution in [0.4, 0.5) is 0 Å². The van der Waals surface area contributed by atoms with Crippen LogP contribution in [-0.4, -0.2) is 23.8 Å². The molecule has 4 atom stereocenters. The molecule has 0 aromatic rings. The number of rotatable bonds is 3. The van der Waals surface area contributed by atoms with E-state index >= 15 is 0 Å². The fraction of sp³-hybridized carbons (Fsp3) is 0.933. The summed E-state index contributed by atoms with van der Waals surface area (Å²) in [5.41, 5.74) is 0. The molecule has 2 aliphatic rings. The average molecular weight is 250 g/mol. The molecule has 3 nitrogen and oxygen atoms in total. The van der Waals surface area contributed by atoms with E-state index in [-0.39, 0.29) is 12.0 Å². The zero-order chi connectivity index (χ0) is 12.8. The molecular formula is C15H26N2O. The SMILES string of the molecule is N#CC1CCCCCC1NCC1CCCCC1O. The largest absolute Gasteiger partial charge is 0.393 e. The summed E-state index contributed by atoms with van der Waals surface area (Å²) >= 11 is 0. The number of nitriles is 1. The summed E-state index contributed by atoms with van der Waals surface area (Å²) in [4.78, 5) is 0. The quantitative estimate of drug-likeness (QED) is 0.757. The van der Waals surface area contributed by atoms with Crippen molar-refractivity contribution in [3.8, 4) is 6.07 Å². The highest BCUT2D eigenvalue weighted by molar-refractivity contribution is 4.94. The molecule has 0 saturated heterocycles. The van der Waals surface area contributed by atoms with Crippen LogP contribution in [0.2, 0.25) is 0 Å². The maximum absolute atomic E-state index is 9.97. The van der Waals surface area contributed by atoms with Crippen LogP contribution >= 0.6 is 0 Å². The molecule has 0 bridgehead atoms. The number of aliphatic hydroxyl groups excluding tert-OH is 1. The first-order chi connectivity index (χ1) is 8.81. The number of hydrogen-bond acceptors (Lipinski definition) is 3. The molecule has 4 unspecified atom stereocenters. The maximum Gasteiger partial charge on any atom is 0.0672 e. The molecule has 2 rings (SSSR count). The molecule has 0 amide bonds. The first kappa shape index (κ1) is 13.8. The van der Waals surface area contributed by atoms with Gasteiger partial charge in [-0.1, -0.05) is 32.1 Å². The minimum atomic E-state index is -0.127. The average Bonchev–Trinajstić information content (AvgIpc) is 2.62. The summed E-state index contributed by atoms with van der Waals surface area (Å²) in [5.74, 6) is 0.578. The van der Waals surface area contributed by atoms with Gasteiger partial charge in [0.1, 0.15) is 0 Å². The second-order valence-corrected chi connectivity index (χ2v) is 6.00. The monoisotopic (exact) mass is 250 g/mol. The van der Waals surface area contributed by atoms with Crippen molar-refractivity contribution < 1.29 is 5.11 Å². The fourth-order valence-electron chi connectivity index (χ4n) is 3.44. The summed E-state index contributed by atoms with van der Waals surface area (Å²) < 4.78 is 0. The summed E-state index contributed by atoms with van der Waals surface area (Å²) in [6, 6.07) is 2.82. The highest BCUT2D eigenvalue weighted by atomic mass is 16.3. The van der Waals surface area contributed by atoms with Crippen LogP contribution in [0.3, 0.4) is 0 Å². The Bertz CT molecular complexity index is 287. The normalized spacial score (nSPS) is 37.8. The van der Waals surface area contributed by atoms with E-state index in [9.17, 15) is 10.4 Å². The van der Waals surface area contributed by atoms with Gasteiger partial charge in [0.05, 0.1) is 18.1 Å². The number of nitrogens with one attached hydrogen (secondary N) is 1. The third kappa shape index (κ3) is 3.70. The fourth-order valence-corrected chi connectivity index (χ4v) is 3.44. The Labute approximate surface area is 111 Å². The molecule has 102 valence electrons. The van der Waals surface area contributed by atoms with Crippen molar-refractivity contribution in [3.05, 3.63) is 0 Å². The van der Waals surface area contributed by atoms with Crippen molar-refractivity contribution in [1.82, 2.24) is 5.32 Å². The molecule has 0 aromatic carbocycles. The lowest BCUT2D eigenvalue weighted by Crippen LogP contribution is -2.41. The molecule has 0 heterocycles. The first-order valence-corrected chi connectivity index (χ1v) is 7.62. The van der Waals surface area contributed by atoms with Gasteiger partial charge in [-0.05, 0) is 31.6 Å². The lowest BCUT2D eigenvalue weighted by Gasteiger charge is -2.30. The van der Waals surface area contributed by atoms with E-state index in [1.54, 1.807) is 0 Å². The van der Waals surface area contributed by atoms with Gasteiger partial charge in [-0.2, -0.15) is 5.26 Å². The van der Waals surface area contributed by atoms with Gasteiger partial charge in [0, 0.05) is 12.6 Å². The highest BCUT2D eigenvalue weighted by Crippen LogP contribution is 2.26. The van der Waals surface area contributed by atoms with Crippen LogP contribution < -0.4 is 5.32 Å². The summed E-state index contributed by atoms with van der Waals surface area (Å²) in [7, 11) is 0. The van der Waals surface area contributed by atoms with E-state index in [0.29, 0.717) is 12.0 Å². The van der Waals surface area contributed by atoms with Crippen LogP contribution in [-0.2, 0) is 0 Å². The van der Waals surface area contributed by atoms with Crippen LogP contribution in [0.5, 0.6) is 0 Å². The zero-order valence-electron chi connectivity index (χ0n) is 11.3. The summed E-state index contributed by atoms with van der Waals surface area (Å²) in [6.45, 7) is 0.893. The van der Waals surface area contributed by atoms with Crippen molar-refractivity contribution in [2.24, 2.45) is 11.8 Å². The molecule has 18 heavy (non-hydrogen) atoms. The third-order valence-corrected chi connectivity index (χ3v) is 4.69. The van der Waals surface area contributed by atoms with E-state index in [1.165, 1.54) is 32.1 Å². The number of hydrogen-bond donors (Lipinski definition) is 2. The van der Waals surface area contributed by atoms with Gasteiger partial charge in [0.15, 0.2) is 0 Å². The molecule has 2 N–H and O–H groups in total.